The van der Waals surface area contributed by atoms with Gasteiger partial charge < -0.3 is 5.11 Å². The second kappa shape index (κ2) is 6.30. The van der Waals surface area contributed by atoms with E-state index in [4.69, 9.17) is 0 Å². The van der Waals surface area contributed by atoms with E-state index in [1.54, 1.807) is 0 Å². The Morgan fingerprint density at radius 3 is 2.83 bits per heavy atom. The van der Waals surface area contributed by atoms with Crippen LogP contribution in [-0.2, 0) is 12.1 Å². The summed E-state index contributed by atoms with van der Waals surface area (Å²) in [5, 5.41) is 11.6. The molecule has 126 valence electrons. The van der Waals surface area contributed by atoms with Gasteiger partial charge in [0.1, 0.15) is 0 Å². The Balaban J connectivity index is 1.56. The maximum absolute atomic E-state index is 11.6. The molecule has 2 fully saturated rings. The van der Waals surface area contributed by atoms with Gasteiger partial charge in [-0.1, -0.05) is 29.8 Å². The quantitative estimate of drug-likeness (QED) is 0.939. The van der Waals surface area contributed by atoms with E-state index in [2.05, 4.69) is 53.2 Å². The summed E-state index contributed by atoms with van der Waals surface area (Å²) in [4.78, 5) is 6.62. The predicted molar refractivity (Wildman–Crippen MR) is 95.4 cm³/mol. The average molecular weight is 322 g/mol. The summed E-state index contributed by atoms with van der Waals surface area (Å²) < 4.78 is 0. The number of aromatic nitrogens is 1. The van der Waals surface area contributed by atoms with E-state index in [1.807, 2.05) is 12.4 Å². The van der Waals surface area contributed by atoms with Crippen LogP contribution in [0.2, 0.25) is 0 Å². The monoisotopic (exact) mass is 322 g/mol. The molecule has 0 amide bonds. The van der Waals surface area contributed by atoms with Gasteiger partial charge >= 0.3 is 0 Å². The summed E-state index contributed by atoms with van der Waals surface area (Å²) in [6.45, 7) is 5.15. The minimum atomic E-state index is -0.665. The first kappa shape index (κ1) is 15.8. The smallest absolute Gasteiger partial charge is 0.0940 e. The van der Waals surface area contributed by atoms with Crippen molar-refractivity contribution in [3.8, 4) is 0 Å². The lowest BCUT2D eigenvalue weighted by Crippen LogP contribution is -2.42. The third-order valence-electron chi connectivity index (χ3n) is 5.94. The number of hydrogen-bond donors (Lipinski definition) is 1. The molecular weight excluding hydrogens is 296 g/mol. The highest BCUT2D eigenvalue weighted by atomic mass is 16.3. The van der Waals surface area contributed by atoms with Gasteiger partial charge in [0.15, 0.2) is 0 Å². The number of aryl methyl sites for hydroxylation is 1. The average Bonchev–Trinajstić information content (AvgIpc) is 3.00. The second-order valence-electron chi connectivity index (χ2n) is 7.60. The number of benzene rings is 1. The van der Waals surface area contributed by atoms with Crippen molar-refractivity contribution >= 4 is 0 Å². The first-order chi connectivity index (χ1) is 11.6. The largest absolute Gasteiger partial charge is 0.385 e. The molecule has 1 saturated carbocycles. The third kappa shape index (κ3) is 2.87. The maximum Gasteiger partial charge on any atom is 0.0940 e. The molecule has 3 nitrogen and oxygen atoms in total. The van der Waals surface area contributed by atoms with E-state index in [0.29, 0.717) is 11.8 Å². The molecule has 0 radical (unpaired) electrons. The van der Waals surface area contributed by atoms with Crippen molar-refractivity contribution in [2.45, 2.75) is 38.3 Å². The van der Waals surface area contributed by atoms with E-state index >= 15 is 0 Å². The highest BCUT2D eigenvalue weighted by Crippen LogP contribution is 2.48. The molecule has 1 aliphatic heterocycles. The highest BCUT2D eigenvalue weighted by molar-refractivity contribution is 5.29. The standard InChI is InChI=1S/C21H26N2O/c1-16-4-2-6-19(12-16)21(24)9-3-5-18-14-23(15-20(18)21)13-17-7-10-22-11-8-17/h2,4,6-8,10-12,18,20,24H,3,5,9,13-15H2,1H3/t18-,20-,21+/m0/s1. The summed E-state index contributed by atoms with van der Waals surface area (Å²) in [6.07, 6.45) is 6.98. The van der Waals surface area contributed by atoms with Gasteiger partial charge in [0.2, 0.25) is 0 Å². The number of rotatable bonds is 3. The van der Waals surface area contributed by atoms with Crippen LogP contribution in [0.4, 0.5) is 0 Å². The van der Waals surface area contributed by atoms with Gasteiger partial charge in [-0.25, -0.2) is 0 Å². The first-order valence-corrected chi connectivity index (χ1v) is 9.06. The van der Waals surface area contributed by atoms with Crippen molar-refractivity contribution in [3.63, 3.8) is 0 Å². The molecule has 0 spiro atoms. The van der Waals surface area contributed by atoms with Crippen LogP contribution in [0.3, 0.4) is 0 Å². The van der Waals surface area contributed by atoms with Crippen molar-refractivity contribution < 1.29 is 5.11 Å². The van der Waals surface area contributed by atoms with E-state index < -0.39 is 5.60 Å². The van der Waals surface area contributed by atoms with Crippen LogP contribution in [0.1, 0.15) is 36.0 Å². The minimum absolute atomic E-state index is 0.342. The summed E-state index contributed by atoms with van der Waals surface area (Å²) in [7, 11) is 0. The van der Waals surface area contributed by atoms with E-state index in [9.17, 15) is 5.11 Å². The fourth-order valence-corrected chi connectivity index (χ4v) is 4.76. The molecule has 0 bridgehead atoms. The number of likely N-dealkylation sites (tertiary alicyclic amines) is 1. The van der Waals surface area contributed by atoms with Gasteiger partial charge in [-0.3, -0.25) is 9.88 Å². The number of pyridine rings is 1. The molecule has 1 N–H and O–H groups in total. The number of fused-ring (bicyclic) bond motifs is 1. The SMILES string of the molecule is Cc1cccc([C@]2(O)CCC[C@H]3CN(Cc4ccncc4)C[C@@H]32)c1. The van der Waals surface area contributed by atoms with Gasteiger partial charge in [-0.05, 0) is 55.4 Å². The summed E-state index contributed by atoms with van der Waals surface area (Å²) >= 11 is 0. The molecule has 2 heterocycles. The lowest BCUT2D eigenvalue weighted by molar-refractivity contribution is -0.0648. The van der Waals surface area contributed by atoms with Crippen molar-refractivity contribution in [1.29, 1.82) is 0 Å². The fourth-order valence-electron chi connectivity index (χ4n) is 4.76. The van der Waals surface area contributed by atoms with Crippen molar-refractivity contribution in [1.82, 2.24) is 9.88 Å². The van der Waals surface area contributed by atoms with Crippen molar-refractivity contribution in [3.05, 3.63) is 65.5 Å². The van der Waals surface area contributed by atoms with E-state index in [-0.39, 0.29) is 0 Å². The zero-order valence-electron chi connectivity index (χ0n) is 14.4. The Labute approximate surface area is 144 Å². The molecule has 1 aromatic heterocycles. The lowest BCUT2D eigenvalue weighted by atomic mass is 9.67. The molecule has 2 aromatic rings. The van der Waals surface area contributed by atoms with Gasteiger partial charge in [0.05, 0.1) is 5.60 Å². The minimum Gasteiger partial charge on any atom is -0.385 e. The van der Waals surface area contributed by atoms with Gasteiger partial charge in [0.25, 0.3) is 0 Å². The topological polar surface area (TPSA) is 36.4 Å². The zero-order chi connectivity index (χ0) is 16.6. The highest BCUT2D eigenvalue weighted by Gasteiger charge is 2.49. The molecular formula is C21H26N2O. The van der Waals surface area contributed by atoms with Crippen LogP contribution in [0.25, 0.3) is 0 Å². The first-order valence-electron chi connectivity index (χ1n) is 9.06. The number of hydrogen-bond acceptors (Lipinski definition) is 3. The third-order valence-corrected chi connectivity index (χ3v) is 5.94. The van der Waals surface area contributed by atoms with E-state index in [1.165, 1.54) is 17.5 Å². The Morgan fingerprint density at radius 1 is 1.21 bits per heavy atom. The molecule has 4 rings (SSSR count). The van der Waals surface area contributed by atoms with Gasteiger partial charge in [0, 0.05) is 37.9 Å². The Morgan fingerprint density at radius 2 is 2.04 bits per heavy atom. The molecule has 1 aliphatic carbocycles. The van der Waals surface area contributed by atoms with Crippen LogP contribution in [0.15, 0.2) is 48.8 Å². The normalized spacial score (nSPS) is 30.2. The van der Waals surface area contributed by atoms with Crippen LogP contribution in [-0.4, -0.2) is 28.1 Å². The number of aliphatic hydroxyl groups is 1. The molecule has 1 aromatic carbocycles. The molecule has 2 aliphatic rings. The Hall–Kier alpha value is -1.71. The van der Waals surface area contributed by atoms with Crippen molar-refractivity contribution in [2.24, 2.45) is 11.8 Å². The van der Waals surface area contributed by atoms with Gasteiger partial charge in [-0.15, -0.1) is 0 Å². The maximum atomic E-state index is 11.6. The van der Waals surface area contributed by atoms with Crippen LogP contribution >= 0.6 is 0 Å². The second-order valence-corrected chi connectivity index (χ2v) is 7.60. The van der Waals surface area contributed by atoms with Crippen molar-refractivity contribution in [2.75, 3.05) is 13.1 Å². The molecule has 3 atom stereocenters. The molecule has 0 unspecified atom stereocenters. The Bertz CT molecular complexity index is 702. The van der Waals surface area contributed by atoms with E-state index in [0.717, 1.165) is 38.0 Å². The molecule has 24 heavy (non-hydrogen) atoms. The molecule has 1 saturated heterocycles. The number of nitrogens with zero attached hydrogens (tertiary/aromatic N) is 2. The Kier molecular flexibility index (Phi) is 4.15. The van der Waals surface area contributed by atoms with Gasteiger partial charge in [-0.2, -0.15) is 0 Å². The summed E-state index contributed by atoms with van der Waals surface area (Å²) in [6, 6.07) is 12.7. The zero-order valence-corrected chi connectivity index (χ0v) is 14.4. The summed E-state index contributed by atoms with van der Waals surface area (Å²) in [5.74, 6) is 0.945. The summed E-state index contributed by atoms with van der Waals surface area (Å²) in [5.41, 5.74) is 2.99. The molecule has 3 heteroatoms. The van der Waals surface area contributed by atoms with Crippen LogP contribution in [0, 0.1) is 18.8 Å². The lowest BCUT2D eigenvalue weighted by Gasteiger charge is -2.41. The van der Waals surface area contributed by atoms with Crippen LogP contribution < -0.4 is 0 Å². The fraction of sp³-hybridized carbons (Fsp3) is 0.476. The van der Waals surface area contributed by atoms with Crippen LogP contribution in [0.5, 0.6) is 0 Å². The predicted octanol–water partition coefficient (Wildman–Crippen LogP) is 3.51.